The van der Waals surface area contributed by atoms with E-state index in [0.717, 1.165) is 19.3 Å². The molecule has 0 amide bonds. The number of phosphoric acid groups is 1. The molecule has 0 aromatic heterocycles. The third-order valence-electron chi connectivity index (χ3n) is 4.81. The minimum atomic E-state index is -4.09. The minimum Gasteiger partial charge on any atom is -0.756 e. The van der Waals surface area contributed by atoms with Crippen LogP contribution in [0.4, 0.5) is 0 Å². The topological polar surface area (TPSA) is 58.6 Å². The molecule has 0 aliphatic carbocycles. The number of hydrogen-bond acceptors (Lipinski definition) is 4. The van der Waals surface area contributed by atoms with Crippen molar-refractivity contribution in [3.05, 3.63) is 0 Å². The van der Waals surface area contributed by atoms with E-state index in [1.165, 1.54) is 83.5 Å². The van der Waals surface area contributed by atoms with Crippen molar-refractivity contribution >= 4 is 7.82 Å². The maximum absolute atomic E-state index is 11.5. The summed E-state index contributed by atoms with van der Waals surface area (Å²) in [4.78, 5) is 11.5. The fourth-order valence-corrected chi connectivity index (χ4v) is 4.01. The second kappa shape index (κ2) is 23.4. The van der Waals surface area contributed by atoms with E-state index in [-0.39, 0.29) is 70.5 Å². The fraction of sp³-hybridized carbons (Fsp3) is 1.00. The van der Waals surface area contributed by atoms with Crippen LogP contribution in [0.2, 0.25) is 0 Å². The Kier molecular flexibility index (Phi) is 26.7. The summed E-state index contributed by atoms with van der Waals surface area (Å²) >= 11 is 0. The van der Waals surface area contributed by atoms with Gasteiger partial charge in [0.1, 0.15) is 0 Å². The van der Waals surface area contributed by atoms with Gasteiger partial charge in [0.15, 0.2) is 0 Å². The third-order valence-corrected chi connectivity index (χ3v) is 5.78. The Morgan fingerprint density at radius 1 is 0.679 bits per heavy atom. The van der Waals surface area contributed by atoms with Crippen molar-refractivity contribution in [3.8, 4) is 0 Å². The van der Waals surface area contributed by atoms with E-state index >= 15 is 0 Å². The summed E-state index contributed by atoms with van der Waals surface area (Å²) in [5, 5.41) is 0. The van der Waals surface area contributed by atoms with Crippen LogP contribution in [0, 0.1) is 5.92 Å². The molecule has 0 saturated carbocycles. The minimum absolute atomic E-state index is 0. The van der Waals surface area contributed by atoms with Gasteiger partial charge in [-0.15, -0.1) is 0 Å². The molecule has 164 valence electrons. The first-order valence-electron chi connectivity index (χ1n) is 11.6. The predicted octanol–water partition coefficient (Wildman–Crippen LogP) is 4.41. The Labute approximate surface area is 218 Å². The van der Waals surface area contributed by atoms with Crippen molar-refractivity contribution in [2.45, 2.75) is 124 Å². The standard InChI is InChI=1S/C22H47O4P.K/c1-4-5-6-7-8-9-10-11-12-13-14-15-16-17-18-19-20-25-27(23,24)26-21-22(2)3;/h22H,4-21H2,1-3H3,(H,23,24);/q;+1/p-1. The average molecular weight is 445 g/mol. The van der Waals surface area contributed by atoms with E-state index in [4.69, 9.17) is 9.05 Å². The summed E-state index contributed by atoms with van der Waals surface area (Å²) in [6.07, 6.45) is 20.9. The van der Waals surface area contributed by atoms with E-state index in [9.17, 15) is 9.46 Å². The molecule has 0 aliphatic rings. The molecule has 1 unspecified atom stereocenters. The first kappa shape index (κ1) is 31.9. The molecule has 4 nitrogen and oxygen atoms in total. The number of unbranched alkanes of at least 4 members (excludes halogenated alkanes) is 15. The van der Waals surface area contributed by atoms with Crippen LogP contribution in [-0.2, 0) is 13.6 Å². The van der Waals surface area contributed by atoms with Crippen LogP contribution >= 0.6 is 7.82 Å². The quantitative estimate of drug-likeness (QED) is 0.149. The molecule has 0 N–H and O–H groups in total. The second-order valence-corrected chi connectivity index (χ2v) is 9.68. The average Bonchev–Trinajstić information content (AvgIpc) is 2.62. The summed E-state index contributed by atoms with van der Waals surface area (Å²) in [5.41, 5.74) is 0. The first-order chi connectivity index (χ1) is 13.0. The zero-order valence-corrected chi connectivity index (χ0v) is 23.4. The van der Waals surface area contributed by atoms with Gasteiger partial charge >= 0.3 is 51.4 Å². The van der Waals surface area contributed by atoms with Gasteiger partial charge in [-0.25, -0.2) is 0 Å². The summed E-state index contributed by atoms with van der Waals surface area (Å²) in [6, 6.07) is 0. The normalized spacial score (nSPS) is 13.5. The summed E-state index contributed by atoms with van der Waals surface area (Å²) < 4.78 is 21.2. The Balaban J connectivity index is 0. The van der Waals surface area contributed by atoms with Gasteiger partial charge in [-0.1, -0.05) is 117 Å². The van der Waals surface area contributed by atoms with E-state index in [1.54, 1.807) is 0 Å². The van der Waals surface area contributed by atoms with Crippen LogP contribution in [0.1, 0.15) is 124 Å². The van der Waals surface area contributed by atoms with E-state index in [2.05, 4.69) is 6.92 Å². The number of phosphoric ester groups is 1. The van der Waals surface area contributed by atoms with E-state index in [0.29, 0.717) is 0 Å². The Hall–Kier alpha value is 1.75. The molecule has 1 atom stereocenters. The molecule has 0 spiro atoms. The summed E-state index contributed by atoms with van der Waals surface area (Å²) in [5.74, 6) is 0.187. The van der Waals surface area contributed by atoms with Crippen LogP contribution < -0.4 is 56.3 Å². The Morgan fingerprint density at radius 2 is 1.04 bits per heavy atom. The molecule has 0 aliphatic heterocycles. The zero-order chi connectivity index (χ0) is 20.2. The van der Waals surface area contributed by atoms with Crippen molar-refractivity contribution in [3.63, 3.8) is 0 Å². The Morgan fingerprint density at radius 3 is 1.39 bits per heavy atom. The summed E-state index contributed by atoms with van der Waals surface area (Å²) in [7, 11) is -4.09. The smallest absolute Gasteiger partial charge is 0.756 e. The van der Waals surface area contributed by atoms with Crippen LogP contribution in [0.15, 0.2) is 0 Å². The van der Waals surface area contributed by atoms with Gasteiger partial charge in [-0.2, -0.15) is 0 Å². The molecule has 0 rings (SSSR count). The van der Waals surface area contributed by atoms with Crippen molar-refractivity contribution < 1.29 is 69.9 Å². The molecule has 0 fully saturated rings. The molecular weight excluding hydrogens is 398 g/mol. The maximum Gasteiger partial charge on any atom is 1.00 e. The van der Waals surface area contributed by atoms with Gasteiger partial charge < -0.3 is 13.9 Å². The zero-order valence-electron chi connectivity index (χ0n) is 19.4. The van der Waals surface area contributed by atoms with Crippen LogP contribution in [0.3, 0.4) is 0 Å². The third kappa shape index (κ3) is 25.8. The molecule has 28 heavy (non-hydrogen) atoms. The molecule has 0 heterocycles. The van der Waals surface area contributed by atoms with Crippen molar-refractivity contribution in [1.29, 1.82) is 0 Å². The number of rotatable bonds is 21. The van der Waals surface area contributed by atoms with Gasteiger partial charge in [-0.05, 0) is 12.3 Å². The molecule has 6 heteroatoms. The van der Waals surface area contributed by atoms with Gasteiger partial charge in [0.05, 0.1) is 13.2 Å². The SMILES string of the molecule is CCCCCCCCCCCCCCCCCCOP(=O)([O-])OCC(C)C.[K+]. The Bertz CT molecular complexity index is 353. The first-order valence-corrected chi connectivity index (χ1v) is 13.0. The van der Waals surface area contributed by atoms with E-state index < -0.39 is 7.82 Å². The monoisotopic (exact) mass is 444 g/mol. The molecule has 0 bridgehead atoms. The fourth-order valence-electron chi connectivity index (χ4n) is 3.10. The molecular formula is C22H46KO4P. The maximum atomic E-state index is 11.5. The molecule has 0 aromatic rings. The van der Waals surface area contributed by atoms with Gasteiger partial charge in [0, 0.05) is 0 Å². The van der Waals surface area contributed by atoms with Crippen molar-refractivity contribution in [1.82, 2.24) is 0 Å². The largest absolute Gasteiger partial charge is 1.00 e. The van der Waals surface area contributed by atoms with Crippen LogP contribution in [0.25, 0.3) is 0 Å². The van der Waals surface area contributed by atoms with Gasteiger partial charge in [0.25, 0.3) is 7.82 Å². The van der Waals surface area contributed by atoms with Crippen LogP contribution in [-0.4, -0.2) is 13.2 Å². The second-order valence-electron chi connectivity index (χ2n) is 8.27. The molecule has 0 radical (unpaired) electrons. The molecule has 0 aromatic carbocycles. The van der Waals surface area contributed by atoms with Crippen molar-refractivity contribution in [2.75, 3.05) is 13.2 Å². The van der Waals surface area contributed by atoms with Gasteiger partial charge in [-0.3, -0.25) is 4.57 Å². The molecule has 0 saturated heterocycles. The van der Waals surface area contributed by atoms with Gasteiger partial charge in [0.2, 0.25) is 0 Å². The van der Waals surface area contributed by atoms with Crippen LogP contribution in [0.5, 0.6) is 0 Å². The van der Waals surface area contributed by atoms with E-state index in [1.807, 2.05) is 13.8 Å². The van der Waals surface area contributed by atoms with Crippen molar-refractivity contribution in [2.24, 2.45) is 5.92 Å². The summed E-state index contributed by atoms with van der Waals surface area (Å²) in [6.45, 7) is 6.54. The number of hydrogen-bond donors (Lipinski definition) is 0. The predicted molar refractivity (Wildman–Crippen MR) is 114 cm³/mol.